The summed E-state index contributed by atoms with van der Waals surface area (Å²) in [5, 5.41) is 21.6. The van der Waals surface area contributed by atoms with Crippen LogP contribution in [-0.2, 0) is 10.3 Å². The first kappa shape index (κ1) is 17.2. The maximum Gasteiger partial charge on any atom is 0.333 e. The van der Waals surface area contributed by atoms with E-state index in [1.807, 2.05) is 13.0 Å². The lowest BCUT2D eigenvalue weighted by atomic mass is 9.91. The van der Waals surface area contributed by atoms with Gasteiger partial charge in [-0.05, 0) is 55.8 Å². The first-order valence-corrected chi connectivity index (χ1v) is 7.45. The fourth-order valence-corrected chi connectivity index (χ4v) is 2.29. The van der Waals surface area contributed by atoms with Crippen molar-refractivity contribution in [2.24, 2.45) is 0 Å². The van der Waals surface area contributed by atoms with Crippen molar-refractivity contribution in [1.29, 1.82) is 5.26 Å². The molecule has 0 bridgehead atoms. The molecule has 0 saturated carbocycles. The van der Waals surface area contributed by atoms with Crippen LogP contribution < -0.4 is 15.8 Å². The summed E-state index contributed by atoms with van der Waals surface area (Å²) in [5.74, 6) is -0.594. The molecule has 0 fully saturated rings. The van der Waals surface area contributed by atoms with Crippen molar-refractivity contribution in [1.82, 2.24) is 0 Å². The Morgan fingerprint density at radius 3 is 2.54 bits per heavy atom. The molecule has 0 radical (unpaired) electrons. The average molecular weight is 325 g/mol. The highest BCUT2D eigenvalue weighted by Crippen LogP contribution is 2.32. The highest BCUT2D eigenvalue weighted by molar-refractivity contribution is 5.84. The molecule has 6 heteroatoms. The molecule has 1 atom stereocenters. The average Bonchev–Trinajstić information content (AvgIpc) is 2.57. The molecule has 0 aromatic heterocycles. The summed E-state index contributed by atoms with van der Waals surface area (Å²) in [6.45, 7) is 3.83. The number of hydrogen-bond acceptors (Lipinski definition) is 5. The quantitative estimate of drug-likeness (QED) is 0.705. The summed E-state index contributed by atoms with van der Waals surface area (Å²) in [4.78, 5) is 11.9. The van der Waals surface area contributed by atoms with Crippen molar-refractivity contribution in [3.05, 3.63) is 53.6 Å². The third-order valence-electron chi connectivity index (χ3n) is 3.73. The predicted octanol–water partition coefficient (Wildman–Crippen LogP) is 2.95. The van der Waals surface area contributed by atoms with E-state index in [9.17, 15) is 9.90 Å². The number of ether oxygens (including phenoxy) is 1. The second-order valence-corrected chi connectivity index (χ2v) is 5.43. The normalized spacial score (nSPS) is 12.7. The molecular formula is C18H19N3O3. The van der Waals surface area contributed by atoms with Crippen LogP contribution >= 0.6 is 0 Å². The van der Waals surface area contributed by atoms with Gasteiger partial charge in [0.2, 0.25) is 0 Å². The van der Waals surface area contributed by atoms with Crippen LogP contribution in [0, 0.1) is 11.3 Å². The Bertz CT molecular complexity index is 781. The summed E-state index contributed by atoms with van der Waals surface area (Å²) in [7, 11) is 0. The second-order valence-electron chi connectivity index (χ2n) is 5.43. The Balaban J connectivity index is 2.41. The molecule has 0 aliphatic rings. The fraction of sp³-hybridized carbons (Fsp3) is 0.222. The molecule has 2 aromatic rings. The molecule has 0 aliphatic carbocycles. The summed E-state index contributed by atoms with van der Waals surface area (Å²) in [5.41, 5.74) is 6.53. The van der Waals surface area contributed by atoms with Crippen LogP contribution in [0.25, 0.3) is 0 Å². The van der Waals surface area contributed by atoms with Crippen LogP contribution in [0.2, 0.25) is 0 Å². The van der Waals surface area contributed by atoms with Gasteiger partial charge in [0.05, 0.1) is 23.9 Å². The van der Waals surface area contributed by atoms with Gasteiger partial charge >= 0.3 is 5.97 Å². The predicted molar refractivity (Wildman–Crippen MR) is 91.8 cm³/mol. The summed E-state index contributed by atoms with van der Waals surface area (Å²) < 4.78 is 5.45. The van der Waals surface area contributed by atoms with Crippen molar-refractivity contribution >= 4 is 17.3 Å². The third-order valence-corrected chi connectivity index (χ3v) is 3.73. The number of anilines is 2. The van der Waals surface area contributed by atoms with E-state index < -0.39 is 11.5 Å². The number of nitriles is 1. The Morgan fingerprint density at radius 2 is 2.00 bits per heavy atom. The number of nitrogen functional groups attached to an aromatic ring is 1. The number of carboxylic acids is 1. The van der Waals surface area contributed by atoms with Crippen molar-refractivity contribution in [2.45, 2.75) is 19.4 Å². The summed E-state index contributed by atoms with van der Waals surface area (Å²) >= 11 is 0. The minimum atomic E-state index is -1.38. The number of carboxylic acid groups (broad SMARTS) is 1. The largest absolute Gasteiger partial charge is 0.492 e. The molecule has 1 unspecified atom stereocenters. The van der Waals surface area contributed by atoms with Crippen LogP contribution in [0.1, 0.15) is 25.0 Å². The van der Waals surface area contributed by atoms with Gasteiger partial charge in [-0.1, -0.05) is 6.07 Å². The molecule has 0 saturated heterocycles. The van der Waals surface area contributed by atoms with Crippen molar-refractivity contribution in [3.63, 3.8) is 0 Å². The van der Waals surface area contributed by atoms with Crippen LogP contribution in [0.5, 0.6) is 5.75 Å². The molecule has 124 valence electrons. The number of hydrogen-bond donors (Lipinski definition) is 3. The number of aliphatic carboxylic acids is 1. The van der Waals surface area contributed by atoms with E-state index in [2.05, 4.69) is 5.32 Å². The molecule has 6 nitrogen and oxygen atoms in total. The van der Waals surface area contributed by atoms with Crippen molar-refractivity contribution in [2.75, 3.05) is 17.7 Å². The molecule has 0 heterocycles. The van der Waals surface area contributed by atoms with E-state index in [1.54, 1.807) is 49.4 Å². The fourth-order valence-electron chi connectivity index (χ4n) is 2.29. The third kappa shape index (κ3) is 3.41. The molecule has 4 N–H and O–H groups in total. The van der Waals surface area contributed by atoms with Gasteiger partial charge in [-0.3, -0.25) is 0 Å². The zero-order chi connectivity index (χ0) is 17.7. The van der Waals surface area contributed by atoms with Crippen molar-refractivity contribution in [3.8, 4) is 11.8 Å². The van der Waals surface area contributed by atoms with Crippen LogP contribution in [0.3, 0.4) is 0 Å². The van der Waals surface area contributed by atoms with E-state index >= 15 is 0 Å². The van der Waals surface area contributed by atoms with Crippen LogP contribution in [0.4, 0.5) is 11.4 Å². The Hall–Kier alpha value is -3.20. The molecule has 0 spiro atoms. The van der Waals surface area contributed by atoms with E-state index in [-0.39, 0.29) is 0 Å². The SMILES string of the molecule is CCOc1cc(C(C)(Nc2ccc(C#N)cc2)C(=O)O)ccc1N. The standard InChI is InChI=1S/C18H19N3O3/c1-3-24-16-10-13(6-9-15(16)20)18(2,17(22)23)21-14-7-4-12(11-19)5-8-14/h4-10,21H,3,20H2,1-2H3,(H,22,23). The minimum Gasteiger partial charge on any atom is -0.492 e. The lowest BCUT2D eigenvalue weighted by Gasteiger charge is -2.28. The topological polar surface area (TPSA) is 108 Å². The minimum absolute atomic E-state index is 0.431. The van der Waals surface area contributed by atoms with E-state index in [1.165, 1.54) is 0 Å². The monoisotopic (exact) mass is 325 g/mol. The number of nitrogens with zero attached hydrogens (tertiary/aromatic N) is 1. The number of nitrogens with one attached hydrogen (secondary N) is 1. The zero-order valence-corrected chi connectivity index (χ0v) is 13.5. The zero-order valence-electron chi connectivity index (χ0n) is 13.5. The molecule has 0 amide bonds. The maximum atomic E-state index is 11.9. The van der Waals surface area contributed by atoms with Gasteiger partial charge < -0.3 is 20.9 Å². The van der Waals surface area contributed by atoms with Gasteiger partial charge in [0.1, 0.15) is 5.75 Å². The van der Waals surface area contributed by atoms with Gasteiger partial charge in [-0.15, -0.1) is 0 Å². The molecular weight excluding hydrogens is 306 g/mol. The van der Waals surface area contributed by atoms with Crippen LogP contribution in [0.15, 0.2) is 42.5 Å². The Morgan fingerprint density at radius 1 is 1.33 bits per heavy atom. The lowest BCUT2D eigenvalue weighted by Crippen LogP contribution is -2.40. The highest BCUT2D eigenvalue weighted by atomic mass is 16.5. The first-order valence-electron chi connectivity index (χ1n) is 7.45. The molecule has 2 aromatic carbocycles. The molecule has 24 heavy (non-hydrogen) atoms. The number of benzene rings is 2. The van der Waals surface area contributed by atoms with E-state index in [0.717, 1.165) is 0 Å². The Labute approximate surface area is 140 Å². The lowest BCUT2D eigenvalue weighted by molar-refractivity contribution is -0.142. The molecule has 0 aliphatic heterocycles. The smallest absolute Gasteiger partial charge is 0.333 e. The van der Waals surface area contributed by atoms with Crippen LogP contribution in [-0.4, -0.2) is 17.7 Å². The molecule has 2 rings (SSSR count). The number of rotatable bonds is 6. The second kappa shape index (κ2) is 6.92. The van der Waals surface area contributed by atoms with Crippen molar-refractivity contribution < 1.29 is 14.6 Å². The first-order chi connectivity index (χ1) is 11.4. The van der Waals surface area contributed by atoms with Gasteiger partial charge in [0, 0.05) is 5.69 Å². The number of nitrogens with two attached hydrogens (primary N) is 1. The van der Waals surface area contributed by atoms with Gasteiger partial charge in [0.15, 0.2) is 5.54 Å². The maximum absolute atomic E-state index is 11.9. The van der Waals surface area contributed by atoms with Gasteiger partial charge in [0.25, 0.3) is 0 Å². The van der Waals surface area contributed by atoms with E-state index in [4.69, 9.17) is 15.7 Å². The summed E-state index contributed by atoms with van der Waals surface area (Å²) in [6.07, 6.45) is 0. The van der Waals surface area contributed by atoms with E-state index in [0.29, 0.717) is 34.9 Å². The highest BCUT2D eigenvalue weighted by Gasteiger charge is 2.35. The van der Waals surface area contributed by atoms with Gasteiger partial charge in [-0.2, -0.15) is 5.26 Å². The summed E-state index contributed by atoms with van der Waals surface area (Å²) in [6, 6.07) is 13.5. The van der Waals surface area contributed by atoms with Gasteiger partial charge in [-0.25, -0.2) is 4.79 Å². The Kier molecular flexibility index (Phi) is 4.95. The number of carbonyl (C=O) groups is 1.